The molecule has 1 aliphatic rings. The van der Waals surface area contributed by atoms with Crippen molar-refractivity contribution in [2.75, 3.05) is 26.7 Å². The van der Waals surface area contributed by atoms with E-state index in [-0.39, 0.29) is 5.97 Å². The van der Waals surface area contributed by atoms with Gasteiger partial charge in [-0.15, -0.1) is 0 Å². The lowest BCUT2D eigenvalue weighted by molar-refractivity contribution is -0.142. The third-order valence-corrected chi connectivity index (χ3v) is 3.32. The number of hydrogen-bond acceptors (Lipinski definition) is 4. The van der Waals surface area contributed by atoms with E-state index in [0.29, 0.717) is 11.8 Å². The van der Waals surface area contributed by atoms with E-state index in [0.717, 1.165) is 19.5 Å². The van der Waals surface area contributed by atoms with Crippen LogP contribution in [0.3, 0.4) is 0 Å². The molecular weight excluding hydrogens is 216 g/mol. The number of likely N-dealkylation sites (tertiary alicyclic amines) is 1. The number of nitrogens with zero attached hydrogens (tertiary/aromatic N) is 1. The maximum absolute atomic E-state index is 11.3. The van der Waals surface area contributed by atoms with E-state index in [9.17, 15) is 4.79 Å². The Morgan fingerprint density at radius 1 is 1.53 bits per heavy atom. The molecule has 17 heavy (non-hydrogen) atoms. The zero-order valence-corrected chi connectivity index (χ0v) is 11.3. The topological polar surface area (TPSA) is 55.6 Å². The highest BCUT2D eigenvalue weighted by molar-refractivity contribution is 5.75. The molecule has 2 atom stereocenters. The van der Waals surface area contributed by atoms with Crippen molar-refractivity contribution in [1.82, 2.24) is 4.90 Å². The molecule has 0 aromatic carbocycles. The Bertz CT molecular complexity index is 244. The minimum absolute atomic E-state index is 0.286. The van der Waals surface area contributed by atoms with E-state index >= 15 is 0 Å². The first-order chi connectivity index (χ1) is 8.02. The largest absolute Gasteiger partial charge is 0.468 e. The number of ether oxygens (including phenoxy) is 1. The smallest absolute Gasteiger partial charge is 0.322 e. The van der Waals surface area contributed by atoms with Gasteiger partial charge < -0.3 is 15.4 Å². The molecule has 2 unspecified atom stereocenters. The maximum Gasteiger partial charge on any atom is 0.322 e. The normalized spacial score (nSPS) is 23.7. The van der Waals surface area contributed by atoms with Gasteiger partial charge in [-0.05, 0) is 37.6 Å². The zero-order chi connectivity index (χ0) is 12.8. The van der Waals surface area contributed by atoms with E-state index in [4.69, 9.17) is 5.73 Å². The number of hydrogen-bond donors (Lipinski definition) is 1. The van der Waals surface area contributed by atoms with Crippen molar-refractivity contribution in [1.29, 1.82) is 0 Å². The lowest BCUT2D eigenvalue weighted by atomic mass is 9.91. The van der Waals surface area contributed by atoms with Gasteiger partial charge >= 0.3 is 5.97 Å². The van der Waals surface area contributed by atoms with Gasteiger partial charge in [0.2, 0.25) is 0 Å². The summed E-state index contributed by atoms with van der Waals surface area (Å²) in [5.41, 5.74) is 5.81. The van der Waals surface area contributed by atoms with Crippen LogP contribution in [0.2, 0.25) is 0 Å². The fraction of sp³-hybridized carbons (Fsp3) is 0.923. The summed E-state index contributed by atoms with van der Waals surface area (Å²) in [6.07, 6.45) is 3.14. The number of rotatable bonds is 5. The van der Waals surface area contributed by atoms with Crippen molar-refractivity contribution >= 4 is 5.97 Å². The molecule has 100 valence electrons. The maximum atomic E-state index is 11.3. The van der Waals surface area contributed by atoms with Crippen molar-refractivity contribution < 1.29 is 9.53 Å². The molecule has 1 saturated heterocycles. The summed E-state index contributed by atoms with van der Waals surface area (Å²) in [6.45, 7) is 7.88. The molecule has 1 fully saturated rings. The second-order valence-electron chi connectivity index (χ2n) is 5.53. The predicted octanol–water partition coefficient (Wildman–Crippen LogP) is 1.24. The standard InChI is InChI=1S/C13H26N2O2/c1-10(2)8-15-6-4-5-11(9-15)7-12(14)13(16)17-3/h10-12H,4-9,14H2,1-3H3. The summed E-state index contributed by atoms with van der Waals surface area (Å²) in [5.74, 6) is 0.950. The summed E-state index contributed by atoms with van der Waals surface area (Å²) in [6, 6.07) is -0.455. The summed E-state index contributed by atoms with van der Waals surface area (Å²) in [5, 5.41) is 0. The quantitative estimate of drug-likeness (QED) is 0.737. The molecule has 4 nitrogen and oxygen atoms in total. The number of carbonyl (C=O) groups is 1. The summed E-state index contributed by atoms with van der Waals surface area (Å²) >= 11 is 0. The number of carbonyl (C=O) groups excluding carboxylic acids is 1. The molecular formula is C13H26N2O2. The Balaban J connectivity index is 2.36. The van der Waals surface area contributed by atoms with Crippen LogP contribution in [-0.4, -0.2) is 43.7 Å². The van der Waals surface area contributed by atoms with Crippen molar-refractivity contribution in [3.63, 3.8) is 0 Å². The SMILES string of the molecule is COC(=O)C(N)CC1CCCN(CC(C)C)C1. The number of piperidine rings is 1. The fourth-order valence-corrected chi connectivity index (χ4v) is 2.63. The molecule has 0 aliphatic carbocycles. The van der Waals surface area contributed by atoms with Crippen LogP contribution >= 0.6 is 0 Å². The minimum Gasteiger partial charge on any atom is -0.468 e. The van der Waals surface area contributed by atoms with Crippen molar-refractivity contribution in [3.8, 4) is 0 Å². The molecule has 4 heteroatoms. The molecule has 0 spiro atoms. The van der Waals surface area contributed by atoms with E-state index in [1.54, 1.807) is 0 Å². The average molecular weight is 242 g/mol. The highest BCUT2D eigenvalue weighted by Gasteiger charge is 2.25. The van der Waals surface area contributed by atoms with Gasteiger partial charge in [-0.1, -0.05) is 13.8 Å². The third kappa shape index (κ3) is 5.04. The second-order valence-corrected chi connectivity index (χ2v) is 5.53. The molecule has 0 saturated carbocycles. The first-order valence-corrected chi connectivity index (χ1v) is 6.58. The van der Waals surface area contributed by atoms with E-state index in [1.807, 2.05) is 0 Å². The van der Waals surface area contributed by atoms with Crippen LogP contribution < -0.4 is 5.73 Å². The summed E-state index contributed by atoms with van der Waals surface area (Å²) < 4.78 is 4.67. The predicted molar refractivity (Wildman–Crippen MR) is 68.6 cm³/mol. The Morgan fingerprint density at radius 2 is 2.24 bits per heavy atom. The van der Waals surface area contributed by atoms with Crippen LogP contribution in [-0.2, 0) is 9.53 Å². The van der Waals surface area contributed by atoms with Crippen molar-refractivity contribution in [2.45, 2.75) is 39.2 Å². The number of nitrogens with two attached hydrogens (primary N) is 1. The average Bonchev–Trinajstić information content (AvgIpc) is 2.27. The molecule has 1 aliphatic heterocycles. The lowest BCUT2D eigenvalue weighted by Crippen LogP contribution is -2.41. The highest BCUT2D eigenvalue weighted by Crippen LogP contribution is 2.21. The van der Waals surface area contributed by atoms with Crippen molar-refractivity contribution in [3.05, 3.63) is 0 Å². The first-order valence-electron chi connectivity index (χ1n) is 6.58. The fourth-order valence-electron chi connectivity index (χ4n) is 2.63. The van der Waals surface area contributed by atoms with Gasteiger partial charge in [0.1, 0.15) is 6.04 Å². The molecule has 1 heterocycles. The van der Waals surface area contributed by atoms with Crippen molar-refractivity contribution in [2.24, 2.45) is 17.6 Å². The van der Waals surface area contributed by atoms with Gasteiger partial charge in [0.05, 0.1) is 7.11 Å². The molecule has 0 aromatic heterocycles. The van der Waals surface area contributed by atoms with Crippen LogP contribution in [0.25, 0.3) is 0 Å². The zero-order valence-electron chi connectivity index (χ0n) is 11.3. The van der Waals surface area contributed by atoms with Crippen LogP contribution in [0.15, 0.2) is 0 Å². The van der Waals surface area contributed by atoms with Crippen LogP contribution in [0.1, 0.15) is 33.1 Å². The third-order valence-electron chi connectivity index (χ3n) is 3.32. The Kier molecular flexibility index (Phi) is 5.92. The molecule has 2 N–H and O–H groups in total. The van der Waals surface area contributed by atoms with Gasteiger partial charge in [-0.3, -0.25) is 4.79 Å². The van der Waals surface area contributed by atoms with Gasteiger partial charge in [-0.25, -0.2) is 0 Å². The second kappa shape index (κ2) is 6.97. The van der Waals surface area contributed by atoms with Gasteiger partial charge in [0, 0.05) is 13.1 Å². The summed E-state index contributed by atoms with van der Waals surface area (Å²) in [4.78, 5) is 13.8. The molecule has 1 rings (SSSR count). The van der Waals surface area contributed by atoms with Gasteiger partial charge in [0.15, 0.2) is 0 Å². The van der Waals surface area contributed by atoms with Crippen LogP contribution in [0.5, 0.6) is 0 Å². The molecule has 0 bridgehead atoms. The Hall–Kier alpha value is -0.610. The number of esters is 1. The Morgan fingerprint density at radius 3 is 2.82 bits per heavy atom. The van der Waals surface area contributed by atoms with Gasteiger partial charge in [-0.2, -0.15) is 0 Å². The lowest BCUT2D eigenvalue weighted by Gasteiger charge is -2.34. The first kappa shape index (κ1) is 14.5. The van der Waals surface area contributed by atoms with Crippen LogP contribution in [0, 0.1) is 11.8 Å². The molecule has 0 aromatic rings. The highest BCUT2D eigenvalue weighted by atomic mass is 16.5. The summed E-state index contributed by atoms with van der Waals surface area (Å²) in [7, 11) is 1.40. The Labute approximate surface area is 104 Å². The van der Waals surface area contributed by atoms with E-state index < -0.39 is 6.04 Å². The van der Waals surface area contributed by atoms with Gasteiger partial charge in [0.25, 0.3) is 0 Å². The number of methoxy groups -OCH3 is 1. The molecule has 0 amide bonds. The van der Waals surface area contributed by atoms with E-state index in [2.05, 4.69) is 23.5 Å². The molecule has 0 radical (unpaired) electrons. The monoisotopic (exact) mass is 242 g/mol. The van der Waals surface area contributed by atoms with Crippen LogP contribution in [0.4, 0.5) is 0 Å². The van der Waals surface area contributed by atoms with E-state index in [1.165, 1.54) is 26.5 Å². The minimum atomic E-state index is -0.455.